The number of carbonyl (C=O) groups is 2. The molecule has 2 saturated heterocycles. The number of ether oxygens (including phenoxy) is 3. The Balaban J connectivity index is 1.80. The Hall–Kier alpha value is -1.30. The van der Waals surface area contributed by atoms with E-state index in [9.17, 15) is 9.59 Å². The van der Waals surface area contributed by atoms with Crippen molar-refractivity contribution in [1.82, 2.24) is 4.90 Å². The quantitative estimate of drug-likeness (QED) is 0.732. The van der Waals surface area contributed by atoms with E-state index in [2.05, 4.69) is 0 Å². The van der Waals surface area contributed by atoms with Crippen molar-refractivity contribution >= 4 is 12.1 Å². The molecule has 0 N–H and O–H groups in total. The molecule has 1 spiro atoms. The van der Waals surface area contributed by atoms with Crippen molar-refractivity contribution in [2.75, 3.05) is 26.3 Å². The summed E-state index contributed by atoms with van der Waals surface area (Å²) in [6.07, 6.45) is 2.45. The van der Waals surface area contributed by atoms with Crippen molar-refractivity contribution < 1.29 is 23.8 Å². The molecule has 6 nitrogen and oxygen atoms in total. The molecule has 22 heavy (non-hydrogen) atoms. The van der Waals surface area contributed by atoms with Crippen LogP contribution in [0.3, 0.4) is 0 Å². The Bertz CT molecular complexity index is 421. The summed E-state index contributed by atoms with van der Waals surface area (Å²) < 4.78 is 16.2. The summed E-state index contributed by atoms with van der Waals surface area (Å²) in [5.74, 6) is -0.274. The molecule has 0 aliphatic carbocycles. The molecular formula is C16H27NO5. The third-order valence-electron chi connectivity index (χ3n) is 4.23. The SMILES string of the molecule is CC(=O)OC[C@H]1CC2(CCN(C(=O)OC(C)(C)C)CC2)CO1. The first-order valence-corrected chi connectivity index (χ1v) is 7.92. The second-order valence-electron chi connectivity index (χ2n) is 7.41. The number of carbonyl (C=O) groups excluding carboxylic acids is 2. The second-order valence-corrected chi connectivity index (χ2v) is 7.41. The van der Waals surface area contributed by atoms with Gasteiger partial charge in [0.15, 0.2) is 0 Å². The zero-order chi connectivity index (χ0) is 16.4. The van der Waals surface area contributed by atoms with Gasteiger partial charge in [0, 0.05) is 20.0 Å². The van der Waals surface area contributed by atoms with Crippen LogP contribution >= 0.6 is 0 Å². The van der Waals surface area contributed by atoms with Gasteiger partial charge in [-0.05, 0) is 45.4 Å². The summed E-state index contributed by atoms with van der Waals surface area (Å²) in [5.41, 5.74) is -0.346. The van der Waals surface area contributed by atoms with Crippen molar-refractivity contribution in [3.63, 3.8) is 0 Å². The van der Waals surface area contributed by atoms with Crippen LogP contribution in [0.2, 0.25) is 0 Å². The Labute approximate surface area is 132 Å². The van der Waals surface area contributed by atoms with Crippen molar-refractivity contribution in [1.29, 1.82) is 0 Å². The largest absolute Gasteiger partial charge is 0.463 e. The van der Waals surface area contributed by atoms with Gasteiger partial charge >= 0.3 is 12.1 Å². The van der Waals surface area contributed by atoms with Gasteiger partial charge in [0.2, 0.25) is 0 Å². The maximum atomic E-state index is 12.1. The first-order chi connectivity index (χ1) is 10.2. The minimum absolute atomic E-state index is 0.0167. The molecule has 0 bridgehead atoms. The number of hydrogen-bond acceptors (Lipinski definition) is 5. The van der Waals surface area contributed by atoms with E-state index in [4.69, 9.17) is 14.2 Å². The first-order valence-electron chi connectivity index (χ1n) is 7.92. The minimum atomic E-state index is -0.461. The van der Waals surface area contributed by atoms with Gasteiger partial charge in [-0.25, -0.2) is 4.79 Å². The molecule has 0 aromatic carbocycles. The lowest BCUT2D eigenvalue weighted by Gasteiger charge is -2.38. The number of nitrogens with zero attached hydrogens (tertiary/aromatic N) is 1. The molecule has 0 saturated carbocycles. The van der Waals surface area contributed by atoms with Crippen LogP contribution in [0, 0.1) is 5.41 Å². The fourth-order valence-corrected chi connectivity index (χ4v) is 3.05. The Morgan fingerprint density at radius 1 is 1.27 bits per heavy atom. The van der Waals surface area contributed by atoms with Crippen LogP contribution in [0.4, 0.5) is 4.79 Å². The van der Waals surface area contributed by atoms with E-state index in [1.807, 2.05) is 20.8 Å². The van der Waals surface area contributed by atoms with Gasteiger partial charge in [-0.3, -0.25) is 4.79 Å². The summed E-state index contributed by atoms with van der Waals surface area (Å²) >= 11 is 0. The van der Waals surface area contributed by atoms with E-state index in [-0.39, 0.29) is 23.6 Å². The van der Waals surface area contributed by atoms with E-state index in [0.29, 0.717) is 26.3 Å². The highest BCUT2D eigenvalue weighted by Gasteiger charge is 2.43. The molecule has 126 valence electrons. The fourth-order valence-electron chi connectivity index (χ4n) is 3.05. The average molecular weight is 313 g/mol. The summed E-state index contributed by atoms with van der Waals surface area (Å²) in [6.45, 7) is 9.43. The topological polar surface area (TPSA) is 65.1 Å². The van der Waals surface area contributed by atoms with Crippen LogP contribution in [0.1, 0.15) is 47.0 Å². The number of likely N-dealkylation sites (tertiary alicyclic amines) is 1. The van der Waals surface area contributed by atoms with Crippen molar-refractivity contribution in [2.45, 2.75) is 58.7 Å². The van der Waals surface area contributed by atoms with E-state index >= 15 is 0 Å². The number of esters is 1. The Morgan fingerprint density at radius 2 is 1.91 bits per heavy atom. The van der Waals surface area contributed by atoms with Crippen molar-refractivity contribution in [2.24, 2.45) is 5.41 Å². The summed E-state index contributed by atoms with van der Waals surface area (Å²) in [4.78, 5) is 24.7. The van der Waals surface area contributed by atoms with Crippen LogP contribution in [0.25, 0.3) is 0 Å². The molecule has 2 rings (SSSR count). The zero-order valence-electron chi connectivity index (χ0n) is 14.0. The van der Waals surface area contributed by atoms with Crippen LogP contribution in [0.15, 0.2) is 0 Å². The van der Waals surface area contributed by atoms with Crippen LogP contribution in [0.5, 0.6) is 0 Å². The zero-order valence-corrected chi connectivity index (χ0v) is 14.0. The third-order valence-corrected chi connectivity index (χ3v) is 4.23. The van der Waals surface area contributed by atoms with Crippen molar-refractivity contribution in [3.05, 3.63) is 0 Å². The standard InChI is InChI=1S/C16H27NO5/c1-12(18)20-10-13-9-16(11-21-13)5-7-17(8-6-16)14(19)22-15(2,3)4/h13H,5-11H2,1-4H3/t13-/m1/s1. The highest BCUT2D eigenvalue weighted by molar-refractivity contribution is 5.68. The van der Waals surface area contributed by atoms with E-state index in [1.54, 1.807) is 4.90 Å². The summed E-state index contributed by atoms with van der Waals surface area (Å²) in [7, 11) is 0. The smallest absolute Gasteiger partial charge is 0.410 e. The number of amides is 1. The molecule has 1 amide bonds. The number of piperidine rings is 1. The van der Waals surface area contributed by atoms with Gasteiger partial charge in [-0.1, -0.05) is 0 Å². The monoisotopic (exact) mass is 313 g/mol. The molecular weight excluding hydrogens is 286 g/mol. The van der Waals surface area contributed by atoms with Crippen LogP contribution in [-0.2, 0) is 19.0 Å². The molecule has 2 aliphatic heterocycles. The molecule has 6 heteroatoms. The lowest BCUT2D eigenvalue weighted by Crippen LogP contribution is -2.45. The first kappa shape index (κ1) is 17.1. The van der Waals surface area contributed by atoms with E-state index in [0.717, 1.165) is 19.3 Å². The lowest BCUT2D eigenvalue weighted by atomic mass is 9.77. The number of rotatable bonds is 2. The maximum Gasteiger partial charge on any atom is 0.410 e. The van der Waals surface area contributed by atoms with Gasteiger partial charge in [-0.2, -0.15) is 0 Å². The predicted molar refractivity (Wildman–Crippen MR) is 80.5 cm³/mol. The second kappa shape index (κ2) is 6.44. The van der Waals surface area contributed by atoms with Gasteiger partial charge in [0.05, 0.1) is 12.7 Å². The number of hydrogen-bond donors (Lipinski definition) is 0. The Kier molecular flexibility index (Phi) is 5.00. The third kappa shape index (κ3) is 4.60. The molecule has 2 aliphatic rings. The van der Waals surface area contributed by atoms with E-state index in [1.165, 1.54) is 6.92 Å². The van der Waals surface area contributed by atoms with Crippen LogP contribution in [-0.4, -0.2) is 55.0 Å². The van der Waals surface area contributed by atoms with Gasteiger partial charge in [0.1, 0.15) is 12.2 Å². The molecule has 0 unspecified atom stereocenters. The summed E-state index contributed by atoms with van der Waals surface area (Å²) in [6, 6.07) is 0. The van der Waals surface area contributed by atoms with Gasteiger partial charge in [-0.15, -0.1) is 0 Å². The maximum absolute atomic E-state index is 12.1. The predicted octanol–water partition coefficient (Wildman–Crippen LogP) is 2.36. The molecule has 2 fully saturated rings. The highest BCUT2D eigenvalue weighted by atomic mass is 16.6. The molecule has 0 radical (unpaired) electrons. The fraction of sp³-hybridized carbons (Fsp3) is 0.875. The minimum Gasteiger partial charge on any atom is -0.463 e. The lowest BCUT2D eigenvalue weighted by molar-refractivity contribution is -0.144. The van der Waals surface area contributed by atoms with E-state index < -0.39 is 5.60 Å². The van der Waals surface area contributed by atoms with Crippen LogP contribution < -0.4 is 0 Å². The summed E-state index contributed by atoms with van der Waals surface area (Å²) in [5, 5.41) is 0. The highest BCUT2D eigenvalue weighted by Crippen LogP contribution is 2.42. The molecule has 0 aromatic heterocycles. The normalized spacial score (nSPS) is 24.4. The average Bonchev–Trinajstić information content (AvgIpc) is 2.78. The molecule has 2 heterocycles. The molecule has 0 aromatic rings. The Morgan fingerprint density at radius 3 is 2.45 bits per heavy atom. The van der Waals surface area contributed by atoms with Gasteiger partial charge < -0.3 is 19.1 Å². The molecule has 1 atom stereocenters. The van der Waals surface area contributed by atoms with Crippen molar-refractivity contribution in [3.8, 4) is 0 Å². The van der Waals surface area contributed by atoms with Gasteiger partial charge in [0.25, 0.3) is 0 Å².